The lowest BCUT2D eigenvalue weighted by Crippen LogP contribution is -2.10. The van der Waals surface area contributed by atoms with Gasteiger partial charge in [-0.15, -0.1) is 0 Å². The van der Waals surface area contributed by atoms with Crippen LogP contribution < -0.4 is 14.8 Å². The Hall–Kier alpha value is -3.32. The molecule has 0 bridgehead atoms. The van der Waals surface area contributed by atoms with Crippen LogP contribution in [0, 0.1) is 0 Å². The number of nitrogens with zero attached hydrogens (tertiary/aromatic N) is 1. The number of fused-ring (bicyclic) bond motifs is 4. The van der Waals surface area contributed by atoms with E-state index in [0.29, 0.717) is 23.1 Å². The van der Waals surface area contributed by atoms with E-state index in [-0.39, 0.29) is 11.7 Å². The van der Waals surface area contributed by atoms with Crippen molar-refractivity contribution in [1.82, 2.24) is 4.98 Å². The molecule has 0 unspecified atom stereocenters. The van der Waals surface area contributed by atoms with Crippen molar-refractivity contribution in [2.75, 3.05) is 12.4 Å². The smallest absolute Gasteiger partial charge is 0.293 e. The Morgan fingerprint density at radius 1 is 1.22 bits per heavy atom. The van der Waals surface area contributed by atoms with Crippen LogP contribution in [0.15, 0.2) is 52.9 Å². The second-order valence-electron chi connectivity index (χ2n) is 6.02. The highest BCUT2D eigenvalue weighted by molar-refractivity contribution is 7.16. The van der Waals surface area contributed by atoms with Crippen LogP contribution in [-0.2, 0) is 6.61 Å². The van der Waals surface area contributed by atoms with Crippen molar-refractivity contribution in [3.63, 3.8) is 0 Å². The largest absolute Gasteiger partial charge is 0.493 e. The van der Waals surface area contributed by atoms with E-state index >= 15 is 0 Å². The molecule has 0 saturated heterocycles. The maximum absolute atomic E-state index is 12.6. The Kier molecular flexibility index (Phi) is 3.61. The van der Waals surface area contributed by atoms with Crippen LogP contribution in [0.3, 0.4) is 0 Å². The third-order valence-corrected chi connectivity index (χ3v) is 5.31. The predicted molar refractivity (Wildman–Crippen MR) is 103 cm³/mol. The summed E-state index contributed by atoms with van der Waals surface area (Å²) < 4.78 is 16.7. The van der Waals surface area contributed by atoms with Gasteiger partial charge in [0.05, 0.1) is 17.7 Å². The zero-order valence-electron chi connectivity index (χ0n) is 14.3. The number of amides is 1. The SMILES string of the molecule is COc1cccc2cc(C(=O)Nc3nc4c(s3)COc3ccccc3-4)oc12. The summed E-state index contributed by atoms with van der Waals surface area (Å²) in [6, 6.07) is 14.9. The molecule has 0 saturated carbocycles. The van der Waals surface area contributed by atoms with E-state index < -0.39 is 0 Å². The Morgan fingerprint density at radius 3 is 3.00 bits per heavy atom. The van der Waals surface area contributed by atoms with Crippen molar-refractivity contribution < 1.29 is 18.7 Å². The summed E-state index contributed by atoms with van der Waals surface area (Å²) in [6.45, 7) is 0.446. The van der Waals surface area contributed by atoms with Gasteiger partial charge in [-0.1, -0.05) is 35.6 Å². The van der Waals surface area contributed by atoms with Gasteiger partial charge < -0.3 is 13.9 Å². The van der Waals surface area contributed by atoms with E-state index in [1.54, 1.807) is 19.2 Å². The van der Waals surface area contributed by atoms with Crippen molar-refractivity contribution in [1.29, 1.82) is 0 Å². The maximum Gasteiger partial charge on any atom is 0.293 e. The second-order valence-corrected chi connectivity index (χ2v) is 7.10. The molecule has 0 aliphatic carbocycles. The van der Waals surface area contributed by atoms with E-state index in [1.807, 2.05) is 36.4 Å². The quantitative estimate of drug-likeness (QED) is 0.559. The van der Waals surface area contributed by atoms with Crippen LogP contribution in [0.25, 0.3) is 22.2 Å². The molecule has 1 amide bonds. The molecule has 0 spiro atoms. The molecule has 0 fully saturated rings. The predicted octanol–water partition coefficient (Wildman–Crippen LogP) is 4.71. The van der Waals surface area contributed by atoms with Gasteiger partial charge in [0.1, 0.15) is 12.4 Å². The van der Waals surface area contributed by atoms with Crippen LogP contribution in [0.1, 0.15) is 15.4 Å². The van der Waals surface area contributed by atoms with Crippen molar-refractivity contribution in [2.24, 2.45) is 0 Å². The normalized spacial score (nSPS) is 12.2. The van der Waals surface area contributed by atoms with Crippen molar-refractivity contribution >= 4 is 33.3 Å². The highest BCUT2D eigenvalue weighted by atomic mass is 32.1. The number of carbonyl (C=O) groups is 1. The molecule has 1 N–H and O–H groups in total. The number of anilines is 1. The van der Waals surface area contributed by atoms with Gasteiger partial charge >= 0.3 is 0 Å². The molecular weight excluding hydrogens is 364 g/mol. The average molecular weight is 378 g/mol. The molecule has 1 aliphatic heterocycles. The molecule has 7 heteroatoms. The van der Waals surface area contributed by atoms with Crippen molar-refractivity contribution in [3.8, 4) is 22.8 Å². The van der Waals surface area contributed by atoms with E-state index in [1.165, 1.54) is 11.3 Å². The number of aromatic nitrogens is 1. The number of benzene rings is 2. The van der Waals surface area contributed by atoms with E-state index in [2.05, 4.69) is 10.3 Å². The van der Waals surface area contributed by atoms with Crippen LogP contribution in [0.4, 0.5) is 5.13 Å². The second kappa shape index (κ2) is 6.14. The van der Waals surface area contributed by atoms with Gasteiger partial charge in [0.2, 0.25) is 0 Å². The average Bonchev–Trinajstić information content (AvgIpc) is 3.31. The topological polar surface area (TPSA) is 73.6 Å². The van der Waals surface area contributed by atoms with Gasteiger partial charge in [0.15, 0.2) is 22.2 Å². The first-order valence-corrected chi connectivity index (χ1v) is 9.14. The molecule has 0 radical (unpaired) electrons. The zero-order valence-corrected chi connectivity index (χ0v) is 15.1. The first kappa shape index (κ1) is 15.9. The standard InChI is InChI=1S/C20H14N2O4S/c1-24-14-8-4-5-11-9-15(26-18(11)14)19(23)22-20-21-17-12-6-2-3-7-13(12)25-10-16(17)27-20/h2-9H,10H2,1H3,(H,21,22,23). The van der Waals surface area contributed by atoms with Crippen LogP contribution >= 0.6 is 11.3 Å². The number of hydrogen-bond donors (Lipinski definition) is 1. The fourth-order valence-electron chi connectivity index (χ4n) is 3.11. The number of methoxy groups -OCH3 is 1. The van der Waals surface area contributed by atoms with Gasteiger partial charge in [-0.25, -0.2) is 4.98 Å². The van der Waals surface area contributed by atoms with Gasteiger partial charge in [-0.3, -0.25) is 10.1 Å². The van der Waals surface area contributed by atoms with E-state index in [4.69, 9.17) is 13.9 Å². The lowest BCUT2D eigenvalue weighted by molar-refractivity contribution is 0.0998. The summed E-state index contributed by atoms with van der Waals surface area (Å²) in [5, 5.41) is 4.14. The van der Waals surface area contributed by atoms with Crippen molar-refractivity contribution in [2.45, 2.75) is 6.61 Å². The monoisotopic (exact) mass is 378 g/mol. The molecule has 134 valence electrons. The number of ether oxygens (including phenoxy) is 2. The summed E-state index contributed by atoms with van der Waals surface area (Å²) in [7, 11) is 1.57. The minimum Gasteiger partial charge on any atom is -0.493 e. The summed E-state index contributed by atoms with van der Waals surface area (Å²) in [4.78, 5) is 18.2. The molecule has 0 atom stereocenters. The minimum absolute atomic E-state index is 0.208. The summed E-state index contributed by atoms with van der Waals surface area (Å²) >= 11 is 1.40. The van der Waals surface area contributed by atoms with Gasteiger partial charge in [0.25, 0.3) is 5.91 Å². The number of furan rings is 1. The molecule has 27 heavy (non-hydrogen) atoms. The van der Waals surface area contributed by atoms with Gasteiger partial charge in [-0.2, -0.15) is 0 Å². The number of thiazole rings is 1. The molecule has 5 rings (SSSR count). The first-order chi connectivity index (χ1) is 13.2. The number of nitrogens with one attached hydrogen (secondary N) is 1. The number of rotatable bonds is 3. The van der Waals surface area contributed by atoms with E-state index in [0.717, 1.165) is 27.3 Å². The lowest BCUT2D eigenvalue weighted by atomic mass is 10.1. The molecule has 3 heterocycles. The highest BCUT2D eigenvalue weighted by Gasteiger charge is 2.23. The van der Waals surface area contributed by atoms with Gasteiger partial charge in [-0.05, 0) is 24.3 Å². The molecule has 1 aliphatic rings. The van der Waals surface area contributed by atoms with Gasteiger partial charge in [0, 0.05) is 10.9 Å². The van der Waals surface area contributed by atoms with E-state index in [9.17, 15) is 4.79 Å². The van der Waals surface area contributed by atoms with Crippen LogP contribution in [-0.4, -0.2) is 18.0 Å². The summed E-state index contributed by atoms with van der Waals surface area (Å²) in [5.41, 5.74) is 2.33. The Bertz CT molecular complexity index is 1180. The maximum atomic E-state index is 12.6. The third kappa shape index (κ3) is 2.63. The molecule has 2 aromatic carbocycles. The minimum atomic E-state index is -0.353. The Balaban J connectivity index is 1.45. The summed E-state index contributed by atoms with van der Waals surface area (Å²) in [5.74, 6) is 1.25. The molecule has 6 nitrogen and oxygen atoms in total. The number of hydrogen-bond acceptors (Lipinski definition) is 6. The molecule has 4 aromatic rings. The summed E-state index contributed by atoms with van der Waals surface area (Å²) in [6.07, 6.45) is 0. The van der Waals surface area contributed by atoms with Crippen LogP contribution in [0.5, 0.6) is 11.5 Å². The lowest BCUT2D eigenvalue weighted by Gasteiger charge is -2.15. The molecule has 2 aromatic heterocycles. The van der Waals surface area contributed by atoms with Crippen LogP contribution in [0.2, 0.25) is 0 Å². The Labute approximate surface area is 158 Å². The highest BCUT2D eigenvalue weighted by Crippen LogP contribution is 2.40. The number of para-hydroxylation sites is 2. The first-order valence-electron chi connectivity index (χ1n) is 8.33. The fraction of sp³-hybridized carbons (Fsp3) is 0.100. The molecular formula is C20H14N2O4S. The zero-order chi connectivity index (χ0) is 18.4. The fourth-order valence-corrected chi connectivity index (χ4v) is 4.00. The third-order valence-electron chi connectivity index (χ3n) is 4.37. The number of carbonyl (C=O) groups excluding carboxylic acids is 1. The Morgan fingerprint density at radius 2 is 2.11 bits per heavy atom. The van der Waals surface area contributed by atoms with Crippen molar-refractivity contribution in [3.05, 3.63) is 59.2 Å².